The Balaban J connectivity index is 1.31. The topological polar surface area (TPSA) is 36.9 Å². The minimum absolute atomic E-state index is 0.221. The maximum atomic E-state index is 5.38. The number of nitrogens with zero attached hydrogens (tertiary/aromatic N) is 3. The van der Waals surface area contributed by atoms with Crippen LogP contribution in [0.15, 0.2) is 127 Å². The molecule has 2 aliphatic rings. The summed E-state index contributed by atoms with van der Waals surface area (Å²) in [6, 6.07) is 36.9. The number of anilines is 2. The van der Waals surface area contributed by atoms with Gasteiger partial charge in [-0.3, -0.25) is 4.57 Å². The number of H-pyrrole nitrogens is 1. The van der Waals surface area contributed by atoms with Crippen LogP contribution in [0.1, 0.15) is 18.4 Å². The molecule has 3 aromatic heterocycles. The van der Waals surface area contributed by atoms with Crippen molar-refractivity contribution >= 4 is 55.1 Å². The van der Waals surface area contributed by atoms with Crippen molar-refractivity contribution in [3.63, 3.8) is 0 Å². The van der Waals surface area contributed by atoms with E-state index >= 15 is 0 Å². The van der Waals surface area contributed by atoms with E-state index in [-0.39, 0.29) is 11.5 Å². The number of benzene rings is 4. The predicted molar refractivity (Wildman–Crippen MR) is 166 cm³/mol. The molecule has 1 aliphatic heterocycles. The summed E-state index contributed by atoms with van der Waals surface area (Å²) >= 11 is 0. The third-order valence-corrected chi connectivity index (χ3v) is 8.97. The molecule has 2 atom stereocenters. The number of rotatable bonds is 2. The lowest BCUT2D eigenvalue weighted by Gasteiger charge is -2.38. The highest BCUT2D eigenvalue weighted by Gasteiger charge is 2.47. The number of nitrogens with one attached hydrogen (secondary N) is 1. The Bertz CT molecular complexity index is 2210. The molecule has 0 radical (unpaired) electrons. The van der Waals surface area contributed by atoms with Gasteiger partial charge in [0.25, 0.3) is 0 Å². The molecule has 2 unspecified atom stereocenters. The molecule has 9 rings (SSSR count). The number of pyridine rings is 1. The zero-order chi connectivity index (χ0) is 26.4. The molecule has 40 heavy (non-hydrogen) atoms. The van der Waals surface area contributed by atoms with Gasteiger partial charge in [-0.1, -0.05) is 91.0 Å². The van der Waals surface area contributed by atoms with E-state index in [9.17, 15) is 0 Å². The lowest BCUT2D eigenvalue weighted by molar-refractivity contribution is 0.538. The van der Waals surface area contributed by atoms with E-state index in [1.807, 2.05) is 0 Å². The van der Waals surface area contributed by atoms with Gasteiger partial charge < -0.3 is 9.88 Å². The van der Waals surface area contributed by atoms with Crippen molar-refractivity contribution < 1.29 is 0 Å². The van der Waals surface area contributed by atoms with E-state index < -0.39 is 0 Å². The van der Waals surface area contributed by atoms with Crippen LogP contribution >= 0.6 is 0 Å². The number of fused-ring (bicyclic) bond motifs is 10. The number of allylic oxidation sites excluding steroid dienone is 2. The molecular formula is C36H26N4. The second kappa shape index (κ2) is 7.73. The fraction of sp³-hybridized carbons (Fsp3) is 0.0833. The van der Waals surface area contributed by atoms with Gasteiger partial charge in [-0.25, -0.2) is 4.98 Å². The summed E-state index contributed by atoms with van der Waals surface area (Å²) in [6.07, 6.45) is 8.97. The molecule has 0 saturated heterocycles. The van der Waals surface area contributed by atoms with Crippen molar-refractivity contribution in [2.75, 3.05) is 4.90 Å². The number of hydrogen-bond acceptors (Lipinski definition) is 2. The molecule has 1 aliphatic carbocycles. The highest BCUT2D eigenvalue weighted by Crippen LogP contribution is 2.53. The maximum Gasteiger partial charge on any atom is 0.140 e. The molecule has 0 spiro atoms. The average Bonchev–Trinajstić information content (AvgIpc) is 3.62. The second-order valence-electron chi connectivity index (χ2n) is 11.1. The molecule has 4 aromatic carbocycles. The molecule has 0 fully saturated rings. The minimum Gasteiger partial charge on any atom is -0.354 e. The molecule has 1 N–H and O–H groups in total. The van der Waals surface area contributed by atoms with Crippen molar-refractivity contribution in [1.82, 2.24) is 14.5 Å². The first-order valence-electron chi connectivity index (χ1n) is 13.9. The summed E-state index contributed by atoms with van der Waals surface area (Å²) in [5.74, 6) is 2.15. The Kier molecular flexibility index (Phi) is 4.22. The number of aromatic nitrogens is 3. The van der Waals surface area contributed by atoms with Crippen molar-refractivity contribution in [3.8, 4) is 5.82 Å². The maximum absolute atomic E-state index is 5.38. The lowest BCUT2D eigenvalue weighted by Crippen LogP contribution is -2.42. The van der Waals surface area contributed by atoms with Crippen LogP contribution in [0.5, 0.6) is 0 Å². The molecule has 190 valence electrons. The zero-order valence-electron chi connectivity index (χ0n) is 22.0. The Morgan fingerprint density at radius 3 is 2.45 bits per heavy atom. The van der Waals surface area contributed by atoms with Gasteiger partial charge in [-0.2, -0.15) is 0 Å². The van der Waals surface area contributed by atoms with Gasteiger partial charge in [0, 0.05) is 38.7 Å². The SMILES string of the molecule is CC12C=CC=CC1c1ccccc1N2c1cccc(-n2c3ccccc3c3c4[nH]c5ccccc5c4ccc32)n1. The van der Waals surface area contributed by atoms with Crippen LogP contribution < -0.4 is 4.90 Å². The molecule has 4 heteroatoms. The Hall–Kier alpha value is -5.09. The number of para-hydroxylation sites is 3. The van der Waals surface area contributed by atoms with Crippen LogP contribution in [0, 0.1) is 0 Å². The fourth-order valence-electron chi connectivity index (χ4n) is 7.22. The first-order valence-corrected chi connectivity index (χ1v) is 13.9. The smallest absolute Gasteiger partial charge is 0.140 e. The van der Waals surface area contributed by atoms with E-state index in [4.69, 9.17) is 4.98 Å². The number of aromatic amines is 1. The Morgan fingerprint density at radius 1 is 0.700 bits per heavy atom. The minimum atomic E-state index is -0.221. The van der Waals surface area contributed by atoms with Crippen molar-refractivity contribution in [2.24, 2.45) is 0 Å². The molecular weight excluding hydrogens is 488 g/mol. The summed E-state index contributed by atoms with van der Waals surface area (Å²) < 4.78 is 2.32. The van der Waals surface area contributed by atoms with Crippen LogP contribution in [0.2, 0.25) is 0 Å². The summed E-state index contributed by atoms with van der Waals surface area (Å²) in [4.78, 5) is 11.5. The summed E-state index contributed by atoms with van der Waals surface area (Å²) in [6.45, 7) is 2.32. The van der Waals surface area contributed by atoms with E-state index in [1.54, 1.807) is 0 Å². The van der Waals surface area contributed by atoms with E-state index in [0.717, 1.165) is 28.2 Å². The van der Waals surface area contributed by atoms with Gasteiger partial charge in [0.15, 0.2) is 0 Å². The number of hydrogen-bond donors (Lipinski definition) is 1. The molecule has 0 amide bonds. The zero-order valence-corrected chi connectivity index (χ0v) is 22.0. The summed E-state index contributed by atoms with van der Waals surface area (Å²) in [5, 5.41) is 4.95. The Morgan fingerprint density at radius 2 is 1.50 bits per heavy atom. The van der Waals surface area contributed by atoms with Crippen LogP contribution in [0.3, 0.4) is 0 Å². The Labute approximate surface area is 231 Å². The van der Waals surface area contributed by atoms with Crippen molar-refractivity contribution in [3.05, 3.63) is 133 Å². The lowest BCUT2D eigenvalue weighted by atomic mass is 9.80. The quantitative estimate of drug-likeness (QED) is 0.250. The first kappa shape index (κ1) is 21.8. The third-order valence-electron chi connectivity index (χ3n) is 8.97. The van der Waals surface area contributed by atoms with Crippen LogP contribution in [0.4, 0.5) is 11.5 Å². The van der Waals surface area contributed by atoms with Crippen LogP contribution in [-0.2, 0) is 0 Å². The van der Waals surface area contributed by atoms with Gasteiger partial charge in [-0.15, -0.1) is 0 Å². The fourth-order valence-corrected chi connectivity index (χ4v) is 7.22. The highest BCUT2D eigenvalue weighted by molar-refractivity contribution is 6.25. The van der Waals surface area contributed by atoms with Crippen molar-refractivity contribution in [1.29, 1.82) is 0 Å². The second-order valence-corrected chi connectivity index (χ2v) is 11.1. The van der Waals surface area contributed by atoms with E-state index in [2.05, 4.69) is 149 Å². The predicted octanol–water partition coefficient (Wildman–Crippen LogP) is 8.93. The van der Waals surface area contributed by atoms with E-state index in [0.29, 0.717) is 0 Å². The normalized spacial score (nSPS) is 19.7. The first-order chi connectivity index (χ1) is 19.7. The largest absolute Gasteiger partial charge is 0.354 e. The third kappa shape index (κ3) is 2.72. The molecule has 4 nitrogen and oxygen atoms in total. The van der Waals surface area contributed by atoms with Crippen LogP contribution in [-0.4, -0.2) is 20.1 Å². The van der Waals surface area contributed by atoms with E-state index in [1.165, 1.54) is 38.3 Å². The monoisotopic (exact) mass is 514 g/mol. The molecule has 4 heterocycles. The van der Waals surface area contributed by atoms with Crippen molar-refractivity contribution in [2.45, 2.75) is 18.4 Å². The average molecular weight is 515 g/mol. The molecule has 7 aromatic rings. The highest BCUT2D eigenvalue weighted by atomic mass is 15.3. The summed E-state index contributed by atoms with van der Waals surface area (Å²) in [7, 11) is 0. The van der Waals surface area contributed by atoms with Gasteiger partial charge in [0.05, 0.1) is 22.1 Å². The van der Waals surface area contributed by atoms with Gasteiger partial charge in [0.1, 0.15) is 11.6 Å². The van der Waals surface area contributed by atoms with Gasteiger partial charge >= 0.3 is 0 Å². The molecule has 0 bridgehead atoms. The summed E-state index contributed by atoms with van der Waals surface area (Å²) in [5.41, 5.74) is 6.98. The molecule has 0 saturated carbocycles. The van der Waals surface area contributed by atoms with Gasteiger partial charge in [0.2, 0.25) is 0 Å². The standard InChI is InChI=1S/C36H26N4/c1-36-22-9-8-14-27(36)25-12-3-7-17-30(25)40(36)33-19-10-18-32(38-33)39-29-16-6-4-13-26(29)34-31(39)21-20-24-23-11-2-5-15-28(23)37-35(24)34/h2-22,27,37H,1H3. The van der Waals surface area contributed by atoms with Crippen LogP contribution in [0.25, 0.3) is 49.4 Å². The van der Waals surface area contributed by atoms with Gasteiger partial charge in [-0.05, 0) is 48.9 Å².